The van der Waals surface area contributed by atoms with Crippen molar-refractivity contribution in [2.24, 2.45) is 5.92 Å². The van der Waals surface area contributed by atoms with Crippen LogP contribution < -0.4 is 9.64 Å². The van der Waals surface area contributed by atoms with Crippen molar-refractivity contribution in [2.45, 2.75) is 43.4 Å². The van der Waals surface area contributed by atoms with Crippen molar-refractivity contribution < 1.29 is 36.6 Å². The molecule has 1 N–H and O–H groups in total. The predicted octanol–water partition coefficient (Wildman–Crippen LogP) is 2.86. The van der Waals surface area contributed by atoms with E-state index in [1.165, 1.54) is 17.0 Å². The number of aliphatic hydroxyl groups is 1. The van der Waals surface area contributed by atoms with E-state index in [0.29, 0.717) is 12.5 Å². The molecule has 30 heavy (non-hydrogen) atoms. The second-order valence-corrected chi connectivity index (χ2v) is 8.31. The summed E-state index contributed by atoms with van der Waals surface area (Å²) in [4.78, 5) is 19.1. The highest BCUT2D eigenvalue weighted by molar-refractivity contribution is 5.93. The summed E-state index contributed by atoms with van der Waals surface area (Å²) in [5, 5.41) is 9.95. The Morgan fingerprint density at radius 2 is 1.93 bits per heavy atom. The van der Waals surface area contributed by atoms with Gasteiger partial charge in [0.1, 0.15) is 11.4 Å². The molecule has 3 fully saturated rings. The lowest BCUT2D eigenvalue weighted by molar-refractivity contribution is -0.250. The lowest BCUT2D eigenvalue weighted by atomic mass is 10.0. The Morgan fingerprint density at radius 1 is 1.20 bits per heavy atom. The van der Waals surface area contributed by atoms with E-state index in [9.17, 15) is 31.9 Å². The number of aromatic nitrogens is 1. The molecule has 3 aliphatic rings. The van der Waals surface area contributed by atoms with E-state index in [0.717, 1.165) is 17.7 Å². The van der Waals surface area contributed by atoms with Crippen molar-refractivity contribution in [1.82, 2.24) is 9.88 Å². The number of nitrogens with zero attached hydrogens (tertiary/aromatic N) is 3. The standard InChI is InChI=1S/C19H22F5N3O3/c20-18(21)6-8-27(11-18)16(28)13-3-4-14(15(25-13)30-9-12-1-2-12)26-7-5-17(29,10-26)19(22,23)24/h3-4,12,29H,1-2,5-11H2. The van der Waals surface area contributed by atoms with Crippen molar-refractivity contribution in [3.05, 3.63) is 17.8 Å². The van der Waals surface area contributed by atoms with Crippen molar-refractivity contribution in [1.29, 1.82) is 0 Å². The fourth-order valence-corrected chi connectivity index (χ4v) is 3.68. The Hall–Kier alpha value is -2.17. The number of β-amino-alcohol motifs (C(OH)–C–C–N with tert-alkyl or cyclic N) is 1. The first-order chi connectivity index (χ1) is 14.0. The molecular weight excluding hydrogens is 413 g/mol. The Balaban J connectivity index is 1.57. The van der Waals surface area contributed by atoms with Crippen molar-refractivity contribution in [3.8, 4) is 5.88 Å². The lowest BCUT2D eigenvalue weighted by Crippen LogP contribution is -2.47. The van der Waals surface area contributed by atoms with Gasteiger partial charge in [-0.2, -0.15) is 13.2 Å². The number of carbonyl (C=O) groups excluding carboxylic acids is 1. The molecule has 0 spiro atoms. The molecule has 11 heteroatoms. The molecule has 2 aliphatic heterocycles. The van der Waals surface area contributed by atoms with Gasteiger partial charge >= 0.3 is 6.18 Å². The Morgan fingerprint density at radius 3 is 2.50 bits per heavy atom. The van der Waals surface area contributed by atoms with Gasteiger partial charge in [-0.1, -0.05) is 0 Å². The van der Waals surface area contributed by atoms with Gasteiger partial charge in [-0.15, -0.1) is 0 Å². The second-order valence-electron chi connectivity index (χ2n) is 8.31. The fraction of sp³-hybridized carbons (Fsp3) is 0.684. The Kier molecular flexibility index (Phi) is 5.06. The molecule has 2 saturated heterocycles. The zero-order valence-corrected chi connectivity index (χ0v) is 16.1. The SMILES string of the molecule is O=C(c1ccc(N2CCC(O)(C(F)(F)F)C2)c(OCC2CC2)n1)N1CCC(F)(F)C1. The number of ether oxygens (including phenoxy) is 1. The van der Waals surface area contributed by atoms with E-state index in [1.54, 1.807) is 0 Å². The summed E-state index contributed by atoms with van der Waals surface area (Å²) in [6.07, 6.45) is -3.77. The molecule has 4 rings (SSSR count). The van der Waals surface area contributed by atoms with Gasteiger partial charge in [-0.05, 0) is 30.9 Å². The third-order valence-electron chi connectivity index (χ3n) is 5.78. The minimum Gasteiger partial charge on any atom is -0.476 e. The second kappa shape index (κ2) is 7.21. The van der Waals surface area contributed by atoms with Crippen molar-refractivity contribution >= 4 is 11.6 Å². The molecule has 1 atom stereocenters. The van der Waals surface area contributed by atoms with E-state index in [2.05, 4.69) is 4.98 Å². The third-order valence-corrected chi connectivity index (χ3v) is 5.78. The van der Waals surface area contributed by atoms with Gasteiger partial charge < -0.3 is 19.6 Å². The average molecular weight is 435 g/mol. The number of halogens is 5. The van der Waals surface area contributed by atoms with Crippen LogP contribution >= 0.6 is 0 Å². The topological polar surface area (TPSA) is 65.9 Å². The van der Waals surface area contributed by atoms with Crippen LogP contribution in [0.5, 0.6) is 5.88 Å². The molecule has 0 bridgehead atoms. The van der Waals surface area contributed by atoms with E-state index in [1.807, 2.05) is 0 Å². The van der Waals surface area contributed by atoms with Gasteiger partial charge in [-0.3, -0.25) is 4.79 Å². The van der Waals surface area contributed by atoms with Crippen LogP contribution in [0.4, 0.5) is 27.6 Å². The molecule has 1 aliphatic carbocycles. The van der Waals surface area contributed by atoms with Gasteiger partial charge in [0.2, 0.25) is 5.88 Å². The number of anilines is 1. The first-order valence-corrected chi connectivity index (χ1v) is 9.82. The van der Waals surface area contributed by atoms with E-state index in [4.69, 9.17) is 4.74 Å². The smallest absolute Gasteiger partial charge is 0.418 e. The van der Waals surface area contributed by atoms with Gasteiger partial charge in [0, 0.05) is 25.9 Å². The molecule has 0 radical (unpaired) electrons. The highest BCUT2D eigenvalue weighted by atomic mass is 19.4. The Labute approximate surface area is 169 Å². The number of likely N-dealkylation sites (tertiary alicyclic amines) is 1. The van der Waals surface area contributed by atoms with E-state index >= 15 is 0 Å². The number of pyridine rings is 1. The van der Waals surface area contributed by atoms with Crippen LogP contribution in [-0.2, 0) is 0 Å². The highest BCUT2D eigenvalue weighted by Crippen LogP contribution is 2.41. The number of amides is 1. The summed E-state index contributed by atoms with van der Waals surface area (Å²) in [5.41, 5.74) is -2.71. The van der Waals surface area contributed by atoms with Crippen LogP contribution in [0.25, 0.3) is 0 Å². The normalized spacial score (nSPS) is 26.3. The third kappa shape index (κ3) is 4.17. The molecule has 3 heterocycles. The zero-order valence-electron chi connectivity index (χ0n) is 16.1. The van der Waals surface area contributed by atoms with Crippen molar-refractivity contribution in [2.75, 3.05) is 37.7 Å². The van der Waals surface area contributed by atoms with Crippen LogP contribution in [0.1, 0.15) is 36.2 Å². The molecule has 1 aromatic rings. The molecule has 1 amide bonds. The first-order valence-electron chi connectivity index (χ1n) is 9.82. The summed E-state index contributed by atoms with van der Waals surface area (Å²) in [5.74, 6) is -3.33. The summed E-state index contributed by atoms with van der Waals surface area (Å²) in [7, 11) is 0. The predicted molar refractivity (Wildman–Crippen MR) is 95.8 cm³/mol. The average Bonchev–Trinajstić information content (AvgIpc) is 3.30. The summed E-state index contributed by atoms with van der Waals surface area (Å²) in [6, 6.07) is 2.70. The monoisotopic (exact) mass is 435 g/mol. The van der Waals surface area contributed by atoms with Crippen molar-refractivity contribution in [3.63, 3.8) is 0 Å². The maximum atomic E-state index is 13.4. The van der Waals surface area contributed by atoms with Gasteiger partial charge in [-0.25, -0.2) is 13.8 Å². The molecule has 1 saturated carbocycles. The quantitative estimate of drug-likeness (QED) is 0.721. The number of hydrogen-bond donors (Lipinski definition) is 1. The maximum Gasteiger partial charge on any atom is 0.418 e. The molecule has 1 aromatic heterocycles. The molecule has 1 unspecified atom stereocenters. The minimum atomic E-state index is -4.78. The molecule has 166 valence electrons. The largest absolute Gasteiger partial charge is 0.476 e. The molecular formula is C19H22F5N3O3. The summed E-state index contributed by atoms with van der Waals surface area (Å²) in [6.45, 7) is -1.24. The fourth-order valence-electron chi connectivity index (χ4n) is 3.68. The van der Waals surface area contributed by atoms with Gasteiger partial charge in [0.05, 0.1) is 19.7 Å². The van der Waals surface area contributed by atoms with Crippen LogP contribution in [0.2, 0.25) is 0 Å². The highest BCUT2D eigenvalue weighted by Gasteiger charge is 2.57. The number of rotatable bonds is 5. The molecule has 0 aromatic carbocycles. The van der Waals surface area contributed by atoms with E-state index < -0.39 is 49.5 Å². The van der Waals surface area contributed by atoms with Crippen LogP contribution in [0, 0.1) is 5.92 Å². The van der Waals surface area contributed by atoms with E-state index in [-0.39, 0.29) is 30.4 Å². The first kappa shape index (κ1) is 21.1. The summed E-state index contributed by atoms with van der Waals surface area (Å²) < 4.78 is 72.1. The van der Waals surface area contributed by atoms with Crippen LogP contribution in [0.3, 0.4) is 0 Å². The minimum absolute atomic E-state index is 0.0230. The maximum absolute atomic E-state index is 13.4. The summed E-state index contributed by atoms with van der Waals surface area (Å²) >= 11 is 0. The van der Waals surface area contributed by atoms with Gasteiger partial charge in [0.25, 0.3) is 11.8 Å². The van der Waals surface area contributed by atoms with Crippen LogP contribution in [0.15, 0.2) is 12.1 Å². The molecule has 6 nitrogen and oxygen atoms in total. The number of alkyl halides is 5. The van der Waals surface area contributed by atoms with Gasteiger partial charge in [0.15, 0.2) is 5.60 Å². The van der Waals surface area contributed by atoms with Crippen LogP contribution in [-0.4, -0.2) is 71.4 Å². The Bertz CT molecular complexity index is 830. The zero-order chi connectivity index (χ0) is 21.7. The number of hydrogen-bond acceptors (Lipinski definition) is 5. The lowest BCUT2D eigenvalue weighted by Gasteiger charge is -2.27. The number of carbonyl (C=O) groups is 1.